The molecular formula is C25H21N3O5. The van der Waals surface area contributed by atoms with Gasteiger partial charge in [0.05, 0.1) is 23.1 Å². The predicted octanol–water partition coefficient (Wildman–Crippen LogP) is 3.57. The number of likely N-dealkylation sites (tertiary alicyclic amines) is 1. The molecule has 0 spiro atoms. The maximum Gasteiger partial charge on any atom is 0.289 e. The van der Waals surface area contributed by atoms with Gasteiger partial charge in [0, 0.05) is 24.7 Å². The van der Waals surface area contributed by atoms with Crippen LogP contribution in [0.15, 0.2) is 71.3 Å². The quantitative estimate of drug-likeness (QED) is 0.622. The van der Waals surface area contributed by atoms with Crippen molar-refractivity contribution in [3.05, 3.63) is 83.8 Å². The van der Waals surface area contributed by atoms with Crippen LogP contribution in [0, 0.1) is 5.92 Å². The molecule has 2 aromatic carbocycles. The molecule has 8 heteroatoms. The first kappa shape index (κ1) is 20.7. The molecule has 8 nitrogen and oxygen atoms in total. The minimum Gasteiger partial charge on any atom is -0.459 e. The van der Waals surface area contributed by atoms with Crippen molar-refractivity contribution < 1.29 is 23.6 Å². The Morgan fingerprint density at radius 2 is 1.58 bits per heavy atom. The molecule has 33 heavy (non-hydrogen) atoms. The van der Waals surface area contributed by atoms with Crippen molar-refractivity contribution in [1.82, 2.24) is 4.90 Å². The third-order valence-electron chi connectivity index (χ3n) is 6.05. The van der Waals surface area contributed by atoms with Gasteiger partial charge in [0.1, 0.15) is 0 Å². The van der Waals surface area contributed by atoms with E-state index < -0.39 is 0 Å². The van der Waals surface area contributed by atoms with Crippen LogP contribution in [0.5, 0.6) is 0 Å². The van der Waals surface area contributed by atoms with Crippen molar-refractivity contribution in [1.29, 1.82) is 0 Å². The summed E-state index contributed by atoms with van der Waals surface area (Å²) in [6.07, 6.45) is 2.54. The number of carbonyl (C=O) groups is 4. The topological polar surface area (TPSA) is 99.9 Å². The Balaban J connectivity index is 1.24. The Morgan fingerprint density at radius 1 is 0.879 bits per heavy atom. The number of amides is 4. The zero-order valence-corrected chi connectivity index (χ0v) is 17.7. The number of furan rings is 1. The summed E-state index contributed by atoms with van der Waals surface area (Å²) in [5.41, 5.74) is 1.64. The van der Waals surface area contributed by atoms with Crippen molar-refractivity contribution in [3.8, 4) is 0 Å². The molecule has 1 N–H and O–H groups in total. The zero-order valence-electron chi connectivity index (χ0n) is 17.7. The molecule has 5 rings (SSSR count). The Morgan fingerprint density at radius 3 is 2.21 bits per heavy atom. The molecule has 0 radical (unpaired) electrons. The number of rotatable bonds is 4. The number of imide groups is 1. The van der Waals surface area contributed by atoms with Crippen molar-refractivity contribution in [3.63, 3.8) is 0 Å². The number of fused-ring (bicyclic) bond motifs is 1. The summed E-state index contributed by atoms with van der Waals surface area (Å²) >= 11 is 0. The first-order chi connectivity index (χ1) is 16.0. The first-order valence-corrected chi connectivity index (χ1v) is 10.7. The molecule has 166 valence electrons. The Kier molecular flexibility index (Phi) is 5.26. The van der Waals surface area contributed by atoms with Gasteiger partial charge in [-0.05, 0) is 55.3 Å². The van der Waals surface area contributed by atoms with Gasteiger partial charge in [0.2, 0.25) is 5.91 Å². The van der Waals surface area contributed by atoms with Gasteiger partial charge in [-0.25, -0.2) is 4.90 Å². The van der Waals surface area contributed by atoms with Crippen LogP contribution in [0.3, 0.4) is 0 Å². The van der Waals surface area contributed by atoms with E-state index in [1.165, 1.54) is 6.26 Å². The second kappa shape index (κ2) is 8.38. The molecule has 1 fully saturated rings. The van der Waals surface area contributed by atoms with E-state index in [4.69, 9.17) is 4.42 Å². The van der Waals surface area contributed by atoms with Crippen LogP contribution in [-0.4, -0.2) is 41.6 Å². The number of carbonyl (C=O) groups excluding carboxylic acids is 4. The van der Waals surface area contributed by atoms with E-state index in [9.17, 15) is 19.2 Å². The maximum atomic E-state index is 12.8. The standard InChI is InChI=1S/C25H21N3O5/c29-22(16-10-12-27(13-11-16)25(32)21-9-4-14-33-21)26-17-5-3-6-18(15-17)28-23(30)19-7-1-2-8-20(19)24(28)31/h1-9,14-16H,10-13H2,(H,26,29). The highest BCUT2D eigenvalue weighted by Crippen LogP contribution is 2.30. The van der Waals surface area contributed by atoms with E-state index >= 15 is 0 Å². The molecule has 0 saturated carbocycles. The normalized spacial score (nSPS) is 16.1. The van der Waals surface area contributed by atoms with Crippen molar-refractivity contribution in [2.45, 2.75) is 12.8 Å². The predicted molar refractivity (Wildman–Crippen MR) is 120 cm³/mol. The van der Waals surface area contributed by atoms with Gasteiger partial charge in [0.15, 0.2) is 5.76 Å². The van der Waals surface area contributed by atoms with Crippen LogP contribution >= 0.6 is 0 Å². The van der Waals surface area contributed by atoms with E-state index in [0.717, 1.165) is 4.90 Å². The first-order valence-electron chi connectivity index (χ1n) is 10.7. The number of nitrogens with zero attached hydrogens (tertiary/aromatic N) is 2. The number of hydrogen-bond acceptors (Lipinski definition) is 5. The molecule has 3 heterocycles. The molecule has 0 unspecified atom stereocenters. The van der Waals surface area contributed by atoms with Crippen molar-refractivity contribution >= 4 is 35.0 Å². The second-order valence-electron chi connectivity index (χ2n) is 8.07. The average molecular weight is 443 g/mol. The van der Waals surface area contributed by atoms with Gasteiger partial charge in [-0.15, -0.1) is 0 Å². The maximum absolute atomic E-state index is 12.8. The summed E-state index contributed by atoms with van der Waals surface area (Å²) in [7, 11) is 0. The van der Waals surface area contributed by atoms with Crippen molar-refractivity contribution in [2.24, 2.45) is 5.92 Å². The fraction of sp³-hybridized carbons (Fsp3) is 0.200. The molecule has 0 atom stereocenters. The molecular weight excluding hydrogens is 422 g/mol. The fourth-order valence-electron chi connectivity index (χ4n) is 4.29. The number of nitrogens with one attached hydrogen (secondary N) is 1. The molecule has 4 amide bonds. The smallest absolute Gasteiger partial charge is 0.289 e. The van der Waals surface area contributed by atoms with E-state index in [1.807, 2.05) is 0 Å². The largest absolute Gasteiger partial charge is 0.459 e. The minimum absolute atomic E-state index is 0.153. The summed E-state index contributed by atoms with van der Waals surface area (Å²) in [5, 5.41) is 2.89. The average Bonchev–Trinajstić information content (AvgIpc) is 3.46. The van der Waals surface area contributed by atoms with Crippen molar-refractivity contribution in [2.75, 3.05) is 23.3 Å². The SMILES string of the molecule is O=C(Nc1cccc(N2C(=O)c3ccccc3C2=O)c1)C1CCN(C(=O)c2ccco2)CC1. The van der Waals surface area contributed by atoms with E-state index in [-0.39, 0.29) is 29.5 Å². The third kappa shape index (κ3) is 3.80. The summed E-state index contributed by atoms with van der Waals surface area (Å²) in [6, 6.07) is 16.7. The van der Waals surface area contributed by atoms with Crippen LogP contribution in [-0.2, 0) is 4.79 Å². The molecule has 0 aliphatic carbocycles. The second-order valence-corrected chi connectivity index (χ2v) is 8.07. The number of anilines is 2. The lowest BCUT2D eigenvalue weighted by Crippen LogP contribution is -2.41. The highest BCUT2D eigenvalue weighted by Gasteiger charge is 2.36. The number of piperidine rings is 1. The summed E-state index contributed by atoms with van der Waals surface area (Å²) in [4.78, 5) is 53.5. The van der Waals surface area contributed by atoms with Gasteiger partial charge >= 0.3 is 0 Å². The lowest BCUT2D eigenvalue weighted by atomic mass is 9.95. The Bertz CT molecular complexity index is 1210. The lowest BCUT2D eigenvalue weighted by Gasteiger charge is -2.30. The number of benzene rings is 2. The lowest BCUT2D eigenvalue weighted by molar-refractivity contribution is -0.121. The summed E-state index contributed by atoms with van der Waals surface area (Å²) < 4.78 is 5.17. The highest BCUT2D eigenvalue weighted by molar-refractivity contribution is 6.34. The Labute approximate surface area is 189 Å². The third-order valence-corrected chi connectivity index (χ3v) is 6.05. The van der Waals surface area contributed by atoms with Crippen LogP contribution in [0.25, 0.3) is 0 Å². The highest BCUT2D eigenvalue weighted by atomic mass is 16.3. The van der Waals surface area contributed by atoms with E-state index in [0.29, 0.717) is 54.2 Å². The van der Waals surface area contributed by atoms with Gasteiger partial charge < -0.3 is 14.6 Å². The fourth-order valence-corrected chi connectivity index (χ4v) is 4.29. The van der Waals surface area contributed by atoms with Gasteiger partial charge in [-0.3, -0.25) is 19.2 Å². The number of hydrogen-bond donors (Lipinski definition) is 1. The van der Waals surface area contributed by atoms with E-state index in [2.05, 4.69) is 5.32 Å². The zero-order chi connectivity index (χ0) is 22.9. The molecule has 2 aliphatic heterocycles. The van der Waals surface area contributed by atoms with Gasteiger partial charge in [-0.2, -0.15) is 0 Å². The molecule has 1 aromatic heterocycles. The molecule has 2 aliphatic rings. The van der Waals surface area contributed by atoms with Gasteiger partial charge in [-0.1, -0.05) is 18.2 Å². The van der Waals surface area contributed by atoms with Crippen LogP contribution in [0.2, 0.25) is 0 Å². The van der Waals surface area contributed by atoms with Crippen LogP contribution in [0.1, 0.15) is 44.1 Å². The monoisotopic (exact) mass is 443 g/mol. The molecule has 0 bridgehead atoms. The van der Waals surface area contributed by atoms with Crippen LogP contribution in [0.4, 0.5) is 11.4 Å². The Hall–Kier alpha value is -4.20. The molecule has 3 aromatic rings. The summed E-state index contributed by atoms with van der Waals surface area (Å²) in [6.45, 7) is 0.930. The van der Waals surface area contributed by atoms with E-state index in [1.54, 1.807) is 65.6 Å². The summed E-state index contributed by atoms with van der Waals surface area (Å²) in [5.74, 6) is -1.04. The van der Waals surface area contributed by atoms with Gasteiger partial charge in [0.25, 0.3) is 17.7 Å². The van der Waals surface area contributed by atoms with Crippen LogP contribution < -0.4 is 10.2 Å². The molecule has 1 saturated heterocycles. The minimum atomic E-state index is -0.382.